The van der Waals surface area contributed by atoms with Crippen molar-refractivity contribution in [3.63, 3.8) is 0 Å². The molecule has 0 atom stereocenters. The summed E-state index contributed by atoms with van der Waals surface area (Å²) >= 11 is 0. The summed E-state index contributed by atoms with van der Waals surface area (Å²) in [6.07, 6.45) is 2.07. The molecule has 0 aliphatic carbocycles. The summed E-state index contributed by atoms with van der Waals surface area (Å²) in [5.74, 6) is 0. The van der Waals surface area contributed by atoms with E-state index < -0.39 is 15.6 Å². The summed E-state index contributed by atoms with van der Waals surface area (Å²) in [6, 6.07) is 3.16. The molecule has 0 saturated carbocycles. The number of aromatic nitrogens is 1. The topological polar surface area (TPSA) is 85.1 Å². The normalized spacial score (nSPS) is 13.5. The van der Waals surface area contributed by atoms with Crippen molar-refractivity contribution >= 4 is 10.0 Å². The van der Waals surface area contributed by atoms with Gasteiger partial charge in [-0.2, -0.15) is 0 Å². The third-order valence-corrected chi connectivity index (χ3v) is 4.38. The lowest BCUT2D eigenvalue weighted by molar-refractivity contribution is 0.269. The fourth-order valence-corrected chi connectivity index (χ4v) is 3.83. The highest BCUT2D eigenvalue weighted by Gasteiger charge is 2.30. The van der Waals surface area contributed by atoms with Gasteiger partial charge in [-0.3, -0.25) is 4.98 Å². The molecule has 0 spiro atoms. The first-order valence-electron chi connectivity index (χ1n) is 6.64. The van der Waals surface area contributed by atoms with E-state index in [-0.39, 0.29) is 10.3 Å². The number of hydrogen-bond acceptors (Lipinski definition) is 4. The smallest absolute Gasteiger partial charge is 0.242 e. The second-order valence-corrected chi connectivity index (χ2v) is 8.60. The molecule has 0 aliphatic heterocycles. The maximum Gasteiger partial charge on any atom is 0.242 e. The van der Waals surface area contributed by atoms with E-state index in [0.29, 0.717) is 12.2 Å². The van der Waals surface area contributed by atoms with Gasteiger partial charge >= 0.3 is 0 Å². The lowest BCUT2D eigenvalue weighted by atomic mass is 9.82. The summed E-state index contributed by atoms with van der Waals surface area (Å²) in [5, 5.41) is 0. The Morgan fingerprint density at radius 2 is 1.80 bits per heavy atom. The van der Waals surface area contributed by atoms with Crippen LogP contribution in [-0.4, -0.2) is 18.9 Å². The summed E-state index contributed by atoms with van der Waals surface area (Å²) < 4.78 is 27.4. The van der Waals surface area contributed by atoms with Crippen molar-refractivity contribution < 1.29 is 8.42 Å². The molecule has 0 radical (unpaired) electrons. The minimum absolute atomic E-state index is 0.0354. The molecular formula is C14H25N3O2S. The molecule has 0 amide bonds. The number of nitrogens with one attached hydrogen (secondary N) is 1. The van der Waals surface area contributed by atoms with Crippen LogP contribution >= 0.6 is 0 Å². The molecule has 0 aliphatic rings. The van der Waals surface area contributed by atoms with Crippen LogP contribution < -0.4 is 10.5 Å². The molecule has 1 aromatic rings. The van der Waals surface area contributed by atoms with Crippen LogP contribution in [0.2, 0.25) is 0 Å². The Balaban J connectivity index is 2.93. The van der Waals surface area contributed by atoms with Crippen LogP contribution in [0.1, 0.15) is 46.7 Å². The first-order chi connectivity index (χ1) is 8.95. The van der Waals surface area contributed by atoms with E-state index in [1.165, 1.54) is 12.3 Å². The van der Waals surface area contributed by atoms with Crippen molar-refractivity contribution in [2.75, 3.05) is 0 Å². The van der Waals surface area contributed by atoms with Crippen molar-refractivity contribution in [3.8, 4) is 0 Å². The molecule has 20 heavy (non-hydrogen) atoms. The molecule has 1 heterocycles. The highest BCUT2D eigenvalue weighted by molar-refractivity contribution is 7.89. The Morgan fingerprint density at radius 3 is 2.20 bits per heavy atom. The summed E-state index contributed by atoms with van der Waals surface area (Å²) in [6.45, 7) is 10.3. The molecule has 1 rings (SSSR count). The van der Waals surface area contributed by atoms with Crippen molar-refractivity contribution in [2.45, 2.75) is 58.0 Å². The SMILES string of the molecule is CC(C)(C)CC(C)(C)NS(=O)(=O)c1ccc(CN)nc1. The summed E-state index contributed by atoms with van der Waals surface area (Å²) in [5.41, 5.74) is 5.63. The first kappa shape index (κ1) is 17.1. The zero-order chi connectivity index (χ0) is 15.6. The van der Waals surface area contributed by atoms with E-state index in [9.17, 15) is 8.42 Å². The minimum Gasteiger partial charge on any atom is -0.325 e. The lowest BCUT2D eigenvalue weighted by Gasteiger charge is -2.32. The molecule has 1 aromatic heterocycles. The quantitative estimate of drug-likeness (QED) is 0.871. The van der Waals surface area contributed by atoms with Crippen molar-refractivity contribution in [1.29, 1.82) is 0 Å². The Kier molecular flexibility index (Phi) is 4.94. The van der Waals surface area contributed by atoms with Gasteiger partial charge in [-0.25, -0.2) is 13.1 Å². The van der Waals surface area contributed by atoms with E-state index in [0.717, 1.165) is 6.42 Å². The zero-order valence-electron chi connectivity index (χ0n) is 12.9. The molecule has 114 valence electrons. The predicted molar refractivity (Wildman–Crippen MR) is 80.6 cm³/mol. The first-order valence-corrected chi connectivity index (χ1v) is 8.12. The fourth-order valence-electron chi connectivity index (χ4n) is 2.48. The number of rotatable bonds is 5. The Hall–Kier alpha value is -0.980. The van der Waals surface area contributed by atoms with Gasteiger partial charge in [0.15, 0.2) is 0 Å². The predicted octanol–water partition coefficient (Wildman–Crippen LogP) is 2.03. The fraction of sp³-hybridized carbons (Fsp3) is 0.643. The number of pyridine rings is 1. The molecular weight excluding hydrogens is 274 g/mol. The van der Waals surface area contributed by atoms with Crippen LogP contribution in [0.25, 0.3) is 0 Å². The van der Waals surface area contributed by atoms with Gasteiger partial charge in [-0.05, 0) is 37.8 Å². The number of nitrogens with zero attached hydrogens (tertiary/aromatic N) is 1. The summed E-state index contributed by atoms with van der Waals surface area (Å²) in [7, 11) is -3.57. The van der Waals surface area contributed by atoms with Gasteiger partial charge in [0.1, 0.15) is 4.90 Å². The van der Waals surface area contributed by atoms with Crippen LogP contribution in [0.15, 0.2) is 23.2 Å². The molecule has 0 fully saturated rings. The Labute approximate surface area is 122 Å². The molecule has 0 bridgehead atoms. The molecule has 6 heteroatoms. The average molecular weight is 299 g/mol. The van der Waals surface area contributed by atoms with E-state index >= 15 is 0 Å². The van der Waals surface area contributed by atoms with Crippen molar-refractivity contribution in [1.82, 2.24) is 9.71 Å². The van der Waals surface area contributed by atoms with E-state index in [1.54, 1.807) is 6.07 Å². The lowest BCUT2D eigenvalue weighted by Crippen LogP contribution is -2.45. The third kappa shape index (κ3) is 5.19. The van der Waals surface area contributed by atoms with Crippen LogP contribution in [0.5, 0.6) is 0 Å². The highest BCUT2D eigenvalue weighted by Crippen LogP contribution is 2.28. The maximum atomic E-state index is 12.4. The number of hydrogen-bond donors (Lipinski definition) is 2. The molecule has 0 aromatic carbocycles. The highest BCUT2D eigenvalue weighted by atomic mass is 32.2. The number of nitrogens with two attached hydrogens (primary N) is 1. The average Bonchev–Trinajstić information content (AvgIpc) is 2.24. The largest absolute Gasteiger partial charge is 0.325 e. The van der Waals surface area contributed by atoms with Gasteiger partial charge in [-0.1, -0.05) is 20.8 Å². The van der Waals surface area contributed by atoms with Crippen LogP contribution in [0.4, 0.5) is 0 Å². The maximum absolute atomic E-state index is 12.4. The second-order valence-electron chi connectivity index (χ2n) is 6.92. The van der Waals surface area contributed by atoms with Gasteiger partial charge in [-0.15, -0.1) is 0 Å². The van der Waals surface area contributed by atoms with Crippen molar-refractivity contribution in [2.24, 2.45) is 11.1 Å². The van der Waals surface area contributed by atoms with Gasteiger partial charge in [0.05, 0.1) is 5.69 Å². The second kappa shape index (κ2) is 5.79. The van der Waals surface area contributed by atoms with E-state index in [1.807, 2.05) is 13.8 Å². The molecule has 5 nitrogen and oxygen atoms in total. The van der Waals surface area contributed by atoms with E-state index in [4.69, 9.17) is 5.73 Å². The standard InChI is InChI=1S/C14H25N3O2S/c1-13(2,3)10-14(4,5)17-20(18,19)12-7-6-11(8-15)16-9-12/h6-7,9,17H,8,10,15H2,1-5H3. The van der Waals surface area contributed by atoms with Crippen LogP contribution in [0, 0.1) is 5.41 Å². The molecule has 0 unspecified atom stereocenters. The van der Waals surface area contributed by atoms with Gasteiger partial charge < -0.3 is 5.73 Å². The Bertz CT molecular complexity index is 543. The molecule has 3 N–H and O–H groups in total. The Morgan fingerprint density at radius 1 is 1.20 bits per heavy atom. The van der Waals surface area contributed by atoms with Gasteiger partial charge in [0, 0.05) is 18.3 Å². The van der Waals surface area contributed by atoms with Crippen LogP contribution in [0.3, 0.4) is 0 Å². The molecule has 0 saturated heterocycles. The van der Waals surface area contributed by atoms with Crippen molar-refractivity contribution in [3.05, 3.63) is 24.0 Å². The van der Waals surface area contributed by atoms with Crippen LogP contribution in [-0.2, 0) is 16.6 Å². The van der Waals surface area contributed by atoms with E-state index in [2.05, 4.69) is 30.5 Å². The summed E-state index contributed by atoms with van der Waals surface area (Å²) in [4.78, 5) is 4.19. The van der Waals surface area contributed by atoms with Gasteiger partial charge in [0.25, 0.3) is 0 Å². The zero-order valence-corrected chi connectivity index (χ0v) is 13.7. The monoisotopic (exact) mass is 299 g/mol. The number of sulfonamides is 1. The minimum atomic E-state index is -3.57. The third-order valence-electron chi connectivity index (χ3n) is 2.70. The van der Waals surface area contributed by atoms with Gasteiger partial charge in [0.2, 0.25) is 10.0 Å².